The van der Waals surface area contributed by atoms with Crippen molar-refractivity contribution in [2.45, 2.75) is 32.3 Å². The molecule has 0 bridgehead atoms. The second-order valence-corrected chi connectivity index (χ2v) is 4.87. The van der Waals surface area contributed by atoms with Gasteiger partial charge in [0.2, 0.25) is 0 Å². The van der Waals surface area contributed by atoms with Crippen LogP contribution < -0.4 is 4.74 Å². The van der Waals surface area contributed by atoms with Crippen LogP contribution >= 0.6 is 0 Å². The van der Waals surface area contributed by atoms with Gasteiger partial charge in [0.1, 0.15) is 5.75 Å². The van der Waals surface area contributed by atoms with Crippen molar-refractivity contribution < 1.29 is 14.6 Å². The van der Waals surface area contributed by atoms with Gasteiger partial charge in [0.15, 0.2) is 6.61 Å². The van der Waals surface area contributed by atoms with E-state index in [1.54, 1.807) is 12.1 Å². The zero-order valence-electron chi connectivity index (χ0n) is 11.3. The van der Waals surface area contributed by atoms with E-state index in [9.17, 15) is 9.90 Å². The first kappa shape index (κ1) is 13.9. The van der Waals surface area contributed by atoms with Crippen LogP contribution in [-0.4, -0.2) is 35.6 Å². The quantitative estimate of drug-likeness (QED) is 0.885. The standard InChI is InChI=1S/C15H21NO3/c1-2-14(17)12-5-7-13(8-6-12)19-11-15(18)16-9-3-4-10-16/h5-8,14,17H,2-4,9-11H2,1H3/t14-/m1/s1. The van der Waals surface area contributed by atoms with Gasteiger partial charge in [-0.3, -0.25) is 4.79 Å². The van der Waals surface area contributed by atoms with Crippen LogP contribution in [0, 0.1) is 0 Å². The Balaban J connectivity index is 1.84. The van der Waals surface area contributed by atoms with Gasteiger partial charge < -0.3 is 14.7 Å². The first-order valence-electron chi connectivity index (χ1n) is 6.89. The lowest BCUT2D eigenvalue weighted by atomic mass is 10.1. The number of nitrogens with zero attached hydrogens (tertiary/aromatic N) is 1. The third kappa shape index (κ3) is 3.70. The summed E-state index contributed by atoms with van der Waals surface area (Å²) in [4.78, 5) is 13.6. The van der Waals surface area contributed by atoms with Crippen LogP contribution in [0.5, 0.6) is 5.75 Å². The number of carbonyl (C=O) groups is 1. The van der Waals surface area contributed by atoms with E-state index in [0.29, 0.717) is 12.2 Å². The highest BCUT2D eigenvalue weighted by Gasteiger charge is 2.18. The summed E-state index contributed by atoms with van der Waals surface area (Å²) in [6.45, 7) is 3.73. The molecular weight excluding hydrogens is 242 g/mol. The largest absolute Gasteiger partial charge is 0.484 e. The van der Waals surface area contributed by atoms with Gasteiger partial charge in [0, 0.05) is 13.1 Å². The number of hydrogen-bond donors (Lipinski definition) is 1. The second kappa shape index (κ2) is 6.57. The molecule has 1 aliphatic heterocycles. The minimum atomic E-state index is -0.430. The first-order chi connectivity index (χ1) is 9.20. The van der Waals surface area contributed by atoms with Crippen molar-refractivity contribution >= 4 is 5.91 Å². The van der Waals surface area contributed by atoms with Crippen LogP contribution in [0.1, 0.15) is 37.9 Å². The van der Waals surface area contributed by atoms with E-state index >= 15 is 0 Å². The molecule has 1 fully saturated rings. The summed E-state index contributed by atoms with van der Waals surface area (Å²) in [5.74, 6) is 0.717. The van der Waals surface area contributed by atoms with Crippen LogP contribution in [0.3, 0.4) is 0 Å². The molecule has 104 valence electrons. The summed E-state index contributed by atoms with van der Waals surface area (Å²) < 4.78 is 5.48. The average Bonchev–Trinajstić information content (AvgIpc) is 2.98. The van der Waals surface area contributed by atoms with Gasteiger partial charge in [-0.1, -0.05) is 19.1 Å². The lowest BCUT2D eigenvalue weighted by Gasteiger charge is -2.15. The lowest BCUT2D eigenvalue weighted by Crippen LogP contribution is -2.32. The van der Waals surface area contributed by atoms with Crippen molar-refractivity contribution in [1.82, 2.24) is 4.90 Å². The highest BCUT2D eigenvalue weighted by atomic mass is 16.5. The summed E-state index contributed by atoms with van der Waals surface area (Å²) in [5, 5.41) is 9.68. The maximum atomic E-state index is 11.8. The Morgan fingerprint density at radius 2 is 1.95 bits per heavy atom. The highest BCUT2D eigenvalue weighted by Crippen LogP contribution is 2.20. The van der Waals surface area contributed by atoms with E-state index in [0.717, 1.165) is 31.5 Å². The van der Waals surface area contributed by atoms with Gasteiger partial charge in [-0.05, 0) is 37.0 Å². The Hall–Kier alpha value is -1.55. The van der Waals surface area contributed by atoms with Gasteiger partial charge in [0.25, 0.3) is 5.91 Å². The minimum absolute atomic E-state index is 0.0511. The maximum absolute atomic E-state index is 11.8. The maximum Gasteiger partial charge on any atom is 0.260 e. The molecule has 1 aromatic rings. The fourth-order valence-electron chi connectivity index (χ4n) is 2.22. The molecule has 1 amide bonds. The number of carbonyl (C=O) groups excluding carboxylic acids is 1. The zero-order chi connectivity index (χ0) is 13.7. The third-order valence-electron chi connectivity index (χ3n) is 3.47. The van der Waals surface area contributed by atoms with E-state index in [1.165, 1.54) is 0 Å². The summed E-state index contributed by atoms with van der Waals surface area (Å²) in [7, 11) is 0. The van der Waals surface area contributed by atoms with Crippen LogP contribution in [0.2, 0.25) is 0 Å². The summed E-state index contributed by atoms with van der Waals surface area (Å²) in [6, 6.07) is 7.27. The predicted molar refractivity (Wildman–Crippen MR) is 73.0 cm³/mol. The number of amides is 1. The Labute approximate surface area is 114 Å². The fraction of sp³-hybridized carbons (Fsp3) is 0.533. The van der Waals surface area contributed by atoms with Crippen molar-refractivity contribution in [1.29, 1.82) is 0 Å². The monoisotopic (exact) mass is 263 g/mol. The summed E-state index contributed by atoms with van der Waals surface area (Å²) in [6.07, 6.45) is 2.44. The number of rotatable bonds is 5. The van der Waals surface area contributed by atoms with Gasteiger partial charge in [-0.2, -0.15) is 0 Å². The van der Waals surface area contributed by atoms with Crippen molar-refractivity contribution in [2.24, 2.45) is 0 Å². The normalized spacial score (nSPS) is 16.4. The van der Waals surface area contributed by atoms with Crippen LogP contribution in [0.4, 0.5) is 0 Å². The van der Waals surface area contributed by atoms with Gasteiger partial charge in [-0.25, -0.2) is 0 Å². The molecule has 0 spiro atoms. The highest BCUT2D eigenvalue weighted by molar-refractivity contribution is 5.78. The number of benzene rings is 1. The number of hydrogen-bond acceptors (Lipinski definition) is 3. The molecule has 19 heavy (non-hydrogen) atoms. The molecule has 2 rings (SSSR count). The van der Waals surface area contributed by atoms with E-state index in [4.69, 9.17) is 4.74 Å². The summed E-state index contributed by atoms with van der Waals surface area (Å²) in [5.41, 5.74) is 0.876. The topological polar surface area (TPSA) is 49.8 Å². The number of aliphatic hydroxyl groups is 1. The Kier molecular flexibility index (Phi) is 4.80. The van der Waals surface area contributed by atoms with Crippen molar-refractivity contribution in [3.63, 3.8) is 0 Å². The molecule has 0 aromatic heterocycles. The molecule has 0 aliphatic carbocycles. The molecular formula is C15H21NO3. The molecule has 4 nitrogen and oxygen atoms in total. The van der Waals surface area contributed by atoms with Crippen molar-refractivity contribution in [3.05, 3.63) is 29.8 Å². The summed E-state index contributed by atoms with van der Waals surface area (Å²) >= 11 is 0. The predicted octanol–water partition coefficient (Wildman–Crippen LogP) is 2.13. The van der Waals surface area contributed by atoms with Gasteiger partial charge in [0.05, 0.1) is 6.10 Å². The average molecular weight is 263 g/mol. The molecule has 1 atom stereocenters. The molecule has 4 heteroatoms. The molecule has 0 saturated carbocycles. The Bertz CT molecular complexity index is 410. The number of ether oxygens (including phenoxy) is 1. The van der Waals surface area contributed by atoms with Gasteiger partial charge >= 0.3 is 0 Å². The van der Waals surface area contributed by atoms with E-state index in [1.807, 2.05) is 24.0 Å². The molecule has 1 N–H and O–H groups in total. The van der Waals surface area contributed by atoms with Crippen LogP contribution in [0.15, 0.2) is 24.3 Å². The number of likely N-dealkylation sites (tertiary alicyclic amines) is 1. The van der Waals surface area contributed by atoms with Crippen LogP contribution in [0.25, 0.3) is 0 Å². The second-order valence-electron chi connectivity index (χ2n) is 4.87. The van der Waals surface area contributed by atoms with E-state index in [2.05, 4.69) is 0 Å². The lowest BCUT2D eigenvalue weighted by molar-refractivity contribution is -0.132. The van der Waals surface area contributed by atoms with Crippen LogP contribution in [-0.2, 0) is 4.79 Å². The van der Waals surface area contributed by atoms with Crippen molar-refractivity contribution in [2.75, 3.05) is 19.7 Å². The molecule has 1 aliphatic rings. The minimum Gasteiger partial charge on any atom is -0.484 e. The molecule has 1 saturated heterocycles. The molecule has 0 unspecified atom stereocenters. The zero-order valence-corrected chi connectivity index (χ0v) is 11.3. The molecule has 1 heterocycles. The van der Waals surface area contributed by atoms with E-state index in [-0.39, 0.29) is 12.5 Å². The Morgan fingerprint density at radius 3 is 2.53 bits per heavy atom. The molecule has 1 aromatic carbocycles. The Morgan fingerprint density at radius 1 is 1.32 bits per heavy atom. The van der Waals surface area contributed by atoms with E-state index < -0.39 is 6.10 Å². The fourth-order valence-corrected chi connectivity index (χ4v) is 2.22. The van der Waals surface area contributed by atoms with Crippen molar-refractivity contribution in [3.8, 4) is 5.75 Å². The third-order valence-corrected chi connectivity index (χ3v) is 3.47. The molecule has 0 radical (unpaired) electrons. The van der Waals surface area contributed by atoms with Gasteiger partial charge in [-0.15, -0.1) is 0 Å². The number of aliphatic hydroxyl groups excluding tert-OH is 1. The smallest absolute Gasteiger partial charge is 0.260 e. The SMILES string of the molecule is CC[C@@H](O)c1ccc(OCC(=O)N2CCCC2)cc1. The first-order valence-corrected chi connectivity index (χ1v) is 6.89.